The average Bonchev–Trinajstić information content (AvgIpc) is 2.32. The Labute approximate surface area is 141 Å². The molecular weight excluding hydrogens is 426 g/mol. The van der Waals surface area contributed by atoms with Crippen molar-refractivity contribution in [3.63, 3.8) is 0 Å². The van der Waals surface area contributed by atoms with Crippen molar-refractivity contribution in [2.45, 2.75) is 30.4 Å². The fraction of sp³-hybridized carbons (Fsp3) is 0.538. The number of benzene rings is 1. The minimum absolute atomic E-state index is 0.0419. The van der Waals surface area contributed by atoms with E-state index in [0.29, 0.717) is 22.5 Å². The van der Waals surface area contributed by atoms with Crippen LogP contribution >= 0.6 is 43.6 Å². The van der Waals surface area contributed by atoms with Crippen LogP contribution in [0.1, 0.15) is 19.4 Å². The van der Waals surface area contributed by atoms with Gasteiger partial charge in [-0.1, -0.05) is 15.9 Å². The lowest BCUT2D eigenvalue weighted by Crippen LogP contribution is -2.46. The van der Waals surface area contributed by atoms with Gasteiger partial charge in [0.1, 0.15) is 0 Å². The van der Waals surface area contributed by atoms with Crippen LogP contribution < -0.4 is 0 Å². The third kappa shape index (κ3) is 3.43. The van der Waals surface area contributed by atoms with Crippen LogP contribution in [0.3, 0.4) is 0 Å². The van der Waals surface area contributed by atoms with E-state index in [4.69, 9.17) is 0 Å². The summed E-state index contributed by atoms with van der Waals surface area (Å²) < 4.78 is 28.6. The summed E-state index contributed by atoms with van der Waals surface area (Å²) in [6.45, 7) is 7.21. The zero-order chi connectivity index (χ0) is 15.1. The molecular formula is C13H17Br2NO2S2. The van der Waals surface area contributed by atoms with Crippen molar-refractivity contribution in [3.05, 3.63) is 26.6 Å². The third-order valence-corrected chi connectivity index (χ3v) is 8.18. The number of hydrogen-bond donors (Lipinski definition) is 0. The molecule has 2 rings (SSSR count). The number of sulfonamides is 1. The quantitative estimate of drug-likeness (QED) is 0.693. The highest BCUT2D eigenvalue weighted by Gasteiger charge is 2.35. The van der Waals surface area contributed by atoms with Gasteiger partial charge in [-0.15, -0.1) is 0 Å². The van der Waals surface area contributed by atoms with E-state index >= 15 is 0 Å². The summed E-state index contributed by atoms with van der Waals surface area (Å²) in [6.07, 6.45) is 0. The molecule has 0 aliphatic carbocycles. The number of hydrogen-bond acceptors (Lipinski definition) is 3. The van der Waals surface area contributed by atoms with Gasteiger partial charge in [-0.3, -0.25) is 0 Å². The van der Waals surface area contributed by atoms with Crippen molar-refractivity contribution < 1.29 is 8.42 Å². The number of thioether (sulfide) groups is 1. The molecule has 0 N–H and O–H groups in total. The molecule has 1 aromatic carbocycles. The van der Waals surface area contributed by atoms with Crippen LogP contribution in [0.5, 0.6) is 0 Å². The molecule has 1 fully saturated rings. The smallest absolute Gasteiger partial charge is 0.207 e. The van der Waals surface area contributed by atoms with Crippen LogP contribution in [-0.2, 0) is 10.0 Å². The Hall–Kier alpha value is 0.440. The Bertz CT molecular complexity index is 630. The molecule has 1 aliphatic heterocycles. The van der Waals surface area contributed by atoms with E-state index in [-0.39, 0.29) is 4.75 Å². The largest absolute Gasteiger partial charge is 0.244 e. The molecule has 0 saturated carbocycles. The Morgan fingerprint density at radius 1 is 1.25 bits per heavy atom. The van der Waals surface area contributed by atoms with Gasteiger partial charge in [0, 0.05) is 32.5 Å². The molecule has 0 aromatic heterocycles. The summed E-state index contributed by atoms with van der Waals surface area (Å²) in [5.41, 5.74) is 1.00. The summed E-state index contributed by atoms with van der Waals surface area (Å²) in [5.74, 6) is 0.830. The van der Waals surface area contributed by atoms with E-state index in [1.807, 2.05) is 24.8 Å². The summed E-state index contributed by atoms with van der Waals surface area (Å²) in [5, 5.41) is 0. The maximum Gasteiger partial charge on any atom is 0.244 e. The van der Waals surface area contributed by atoms with Crippen molar-refractivity contribution in [2.75, 3.05) is 18.8 Å². The highest BCUT2D eigenvalue weighted by Crippen LogP contribution is 2.35. The second kappa shape index (κ2) is 5.91. The van der Waals surface area contributed by atoms with Gasteiger partial charge in [0.2, 0.25) is 10.0 Å². The maximum atomic E-state index is 12.8. The highest BCUT2D eigenvalue weighted by atomic mass is 79.9. The van der Waals surface area contributed by atoms with Crippen LogP contribution in [-0.4, -0.2) is 36.3 Å². The number of halogens is 2. The van der Waals surface area contributed by atoms with Crippen molar-refractivity contribution in [1.82, 2.24) is 4.31 Å². The minimum atomic E-state index is -3.46. The monoisotopic (exact) mass is 441 g/mol. The third-order valence-electron chi connectivity index (χ3n) is 3.22. The molecule has 3 nitrogen and oxygen atoms in total. The first kappa shape index (κ1) is 16.8. The molecule has 0 atom stereocenters. The lowest BCUT2D eigenvalue weighted by molar-refractivity contribution is 0.387. The molecule has 112 valence electrons. The Balaban J connectivity index is 2.43. The fourth-order valence-electron chi connectivity index (χ4n) is 2.14. The van der Waals surface area contributed by atoms with Crippen LogP contribution in [0.25, 0.3) is 0 Å². The first-order valence-corrected chi connectivity index (χ1v) is 10.2. The van der Waals surface area contributed by atoms with E-state index in [0.717, 1.165) is 15.8 Å². The molecule has 20 heavy (non-hydrogen) atoms. The second-order valence-corrected chi connectivity index (χ2v) is 10.9. The van der Waals surface area contributed by atoms with Gasteiger partial charge in [0.25, 0.3) is 0 Å². The lowest BCUT2D eigenvalue weighted by Gasteiger charge is -2.36. The SMILES string of the molecule is Cc1cc(Br)c(S(=O)(=O)N2CCSC(C)(C)C2)cc1Br. The molecule has 1 aromatic rings. The van der Waals surface area contributed by atoms with Gasteiger partial charge in [-0.05, 0) is 54.4 Å². The van der Waals surface area contributed by atoms with Crippen molar-refractivity contribution in [1.29, 1.82) is 0 Å². The number of aryl methyl sites for hydroxylation is 1. The Kier molecular flexibility index (Phi) is 4.97. The minimum Gasteiger partial charge on any atom is -0.207 e. The summed E-state index contributed by atoms with van der Waals surface area (Å²) in [6, 6.07) is 3.52. The highest BCUT2D eigenvalue weighted by molar-refractivity contribution is 9.11. The van der Waals surface area contributed by atoms with E-state index in [9.17, 15) is 8.42 Å². The predicted molar refractivity (Wildman–Crippen MR) is 91.9 cm³/mol. The van der Waals surface area contributed by atoms with Gasteiger partial charge in [0.05, 0.1) is 4.90 Å². The standard InChI is InChI=1S/C13H17Br2NO2S2/c1-9-6-11(15)12(7-10(9)14)20(17,18)16-4-5-19-13(2,3)8-16/h6-7H,4-5,8H2,1-3H3. The number of rotatable bonds is 2. The van der Waals surface area contributed by atoms with Gasteiger partial charge in [-0.2, -0.15) is 16.1 Å². The molecule has 0 amide bonds. The van der Waals surface area contributed by atoms with Crippen LogP contribution in [0.2, 0.25) is 0 Å². The van der Waals surface area contributed by atoms with Gasteiger partial charge in [-0.25, -0.2) is 8.42 Å². The maximum absolute atomic E-state index is 12.8. The van der Waals surface area contributed by atoms with Crippen LogP contribution in [0, 0.1) is 6.92 Å². The van der Waals surface area contributed by atoms with Crippen LogP contribution in [0.4, 0.5) is 0 Å². The molecule has 0 radical (unpaired) electrons. The molecule has 0 bridgehead atoms. The fourth-order valence-corrected chi connectivity index (χ4v) is 6.69. The van der Waals surface area contributed by atoms with Gasteiger partial charge >= 0.3 is 0 Å². The Morgan fingerprint density at radius 2 is 1.90 bits per heavy atom. The topological polar surface area (TPSA) is 37.4 Å². The van der Waals surface area contributed by atoms with Gasteiger partial charge in [0.15, 0.2) is 0 Å². The normalized spacial score (nSPS) is 20.1. The summed E-state index contributed by atoms with van der Waals surface area (Å²) in [4.78, 5) is 0.331. The summed E-state index contributed by atoms with van der Waals surface area (Å²) in [7, 11) is -3.46. The zero-order valence-corrected chi connectivity index (χ0v) is 16.4. The number of nitrogens with zero attached hydrogens (tertiary/aromatic N) is 1. The molecule has 1 aliphatic rings. The van der Waals surface area contributed by atoms with Gasteiger partial charge < -0.3 is 0 Å². The molecule has 0 spiro atoms. The first-order chi connectivity index (χ1) is 9.13. The summed E-state index contributed by atoms with van der Waals surface area (Å²) >= 11 is 8.61. The van der Waals surface area contributed by atoms with Crippen LogP contribution in [0.15, 0.2) is 26.0 Å². The Morgan fingerprint density at radius 3 is 2.50 bits per heavy atom. The van der Waals surface area contributed by atoms with E-state index in [2.05, 4.69) is 45.7 Å². The van der Waals surface area contributed by atoms with Crippen molar-refractivity contribution in [3.8, 4) is 0 Å². The lowest BCUT2D eigenvalue weighted by atomic mass is 10.2. The second-order valence-electron chi connectivity index (χ2n) is 5.48. The van der Waals surface area contributed by atoms with E-state index < -0.39 is 10.0 Å². The van der Waals surface area contributed by atoms with E-state index in [1.165, 1.54) is 0 Å². The average molecular weight is 443 g/mol. The predicted octanol–water partition coefficient (Wildman–Crippen LogP) is 4.04. The first-order valence-electron chi connectivity index (χ1n) is 6.23. The van der Waals surface area contributed by atoms with Crippen molar-refractivity contribution in [2.24, 2.45) is 0 Å². The zero-order valence-electron chi connectivity index (χ0n) is 11.6. The molecule has 1 saturated heterocycles. The van der Waals surface area contributed by atoms with E-state index in [1.54, 1.807) is 10.4 Å². The molecule has 7 heteroatoms. The molecule has 0 unspecified atom stereocenters. The molecule has 1 heterocycles. The van der Waals surface area contributed by atoms with Crippen molar-refractivity contribution >= 4 is 53.6 Å².